The van der Waals surface area contributed by atoms with Gasteiger partial charge >= 0.3 is 21.1 Å². The molecule has 0 atom stereocenters. The maximum absolute atomic E-state index is 4.76. The van der Waals surface area contributed by atoms with Gasteiger partial charge in [-0.15, -0.1) is 82.9 Å². The summed E-state index contributed by atoms with van der Waals surface area (Å²) in [6, 6.07) is 71.6. The molecule has 4 heterocycles. The van der Waals surface area contributed by atoms with Gasteiger partial charge in [0.15, 0.2) is 0 Å². The summed E-state index contributed by atoms with van der Waals surface area (Å²) < 4.78 is 4.68. The van der Waals surface area contributed by atoms with Crippen molar-refractivity contribution in [2.24, 2.45) is 0 Å². The molecular formula is C52H32N4Pt. The van der Waals surface area contributed by atoms with Gasteiger partial charge in [-0.25, -0.2) is 0 Å². The fraction of sp³-hybridized carbons (Fsp3) is 0. The zero-order chi connectivity index (χ0) is 37.0. The molecule has 0 N–H and O–H groups in total. The van der Waals surface area contributed by atoms with Gasteiger partial charge in [0, 0.05) is 45.1 Å². The second-order valence-electron chi connectivity index (χ2n) is 14.0. The van der Waals surface area contributed by atoms with Crippen molar-refractivity contribution in [3.63, 3.8) is 0 Å². The number of benzene rings is 7. The van der Waals surface area contributed by atoms with E-state index in [0.29, 0.717) is 0 Å². The molecule has 7 aromatic carbocycles. The van der Waals surface area contributed by atoms with E-state index in [1.54, 1.807) is 0 Å². The van der Waals surface area contributed by atoms with E-state index >= 15 is 0 Å². The van der Waals surface area contributed by atoms with Crippen LogP contribution >= 0.6 is 0 Å². The van der Waals surface area contributed by atoms with Crippen LogP contribution in [0.3, 0.4) is 0 Å². The molecule has 0 aliphatic carbocycles. The summed E-state index contributed by atoms with van der Waals surface area (Å²) in [5.41, 5.74) is 14.7. The van der Waals surface area contributed by atoms with Crippen molar-refractivity contribution in [2.45, 2.75) is 0 Å². The van der Waals surface area contributed by atoms with E-state index < -0.39 is 0 Å². The van der Waals surface area contributed by atoms with Gasteiger partial charge in [-0.1, -0.05) is 97.1 Å². The summed E-state index contributed by atoms with van der Waals surface area (Å²) in [4.78, 5) is 9.52. The second-order valence-corrected chi connectivity index (χ2v) is 14.0. The van der Waals surface area contributed by atoms with Gasteiger partial charge in [0.05, 0.1) is 33.5 Å². The Hall–Kier alpha value is -6.87. The molecule has 0 bridgehead atoms. The van der Waals surface area contributed by atoms with Crippen LogP contribution in [-0.2, 0) is 21.1 Å². The molecular weight excluding hydrogens is 876 g/mol. The number of nitrogens with zero attached hydrogens (tertiary/aromatic N) is 4. The molecule has 0 saturated carbocycles. The quantitative estimate of drug-likeness (QED) is 0.156. The zero-order valence-corrected chi connectivity index (χ0v) is 32.9. The van der Waals surface area contributed by atoms with Gasteiger partial charge in [0.25, 0.3) is 0 Å². The minimum atomic E-state index is 0. The summed E-state index contributed by atoms with van der Waals surface area (Å²) in [5.74, 6) is 0. The number of para-hydroxylation sites is 4. The third kappa shape index (κ3) is 5.72. The van der Waals surface area contributed by atoms with Crippen LogP contribution in [0.2, 0.25) is 0 Å². The summed E-state index contributed by atoms with van der Waals surface area (Å²) >= 11 is 0. The minimum Gasteiger partial charge on any atom is -0.327 e. The molecule has 0 spiro atoms. The number of hydrogen-bond donors (Lipinski definition) is 0. The first kappa shape index (κ1) is 34.6. The van der Waals surface area contributed by atoms with Crippen LogP contribution in [0.1, 0.15) is 0 Å². The van der Waals surface area contributed by atoms with E-state index in [1.165, 1.54) is 21.5 Å². The Morgan fingerprint density at radius 1 is 0.333 bits per heavy atom. The van der Waals surface area contributed by atoms with E-state index in [0.717, 1.165) is 78.2 Å². The Morgan fingerprint density at radius 3 is 1.18 bits per heavy atom. The van der Waals surface area contributed by atoms with Gasteiger partial charge in [-0.2, -0.15) is 0 Å². The monoisotopic (exact) mass is 907 g/mol. The molecule has 0 amide bonds. The molecule has 0 unspecified atom stereocenters. The predicted octanol–water partition coefficient (Wildman–Crippen LogP) is 12.9. The number of aromatic nitrogens is 4. The average Bonchev–Trinajstić information content (AvgIpc) is 3.81. The molecule has 0 aliphatic heterocycles. The van der Waals surface area contributed by atoms with Crippen molar-refractivity contribution in [1.29, 1.82) is 0 Å². The molecule has 4 nitrogen and oxygen atoms in total. The van der Waals surface area contributed by atoms with Crippen LogP contribution < -0.4 is 0 Å². The van der Waals surface area contributed by atoms with Crippen molar-refractivity contribution in [3.05, 3.63) is 207 Å². The molecule has 270 valence electrons. The summed E-state index contributed by atoms with van der Waals surface area (Å²) in [7, 11) is 0. The maximum atomic E-state index is 4.76. The first-order valence-corrected chi connectivity index (χ1v) is 18.8. The van der Waals surface area contributed by atoms with Crippen LogP contribution in [0.25, 0.3) is 99.8 Å². The second kappa shape index (κ2) is 14.3. The first-order chi connectivity index (χ1) is 27.8. The molecule has 0 saturated heterocycles. The van der Waals surface area contributed by atoms with Gasteiger partial charge in [-0.05, 0) is 47.8 Å². The van der Waals surface area contributed by atoms with Gasteiger partial charge in [0.1, 0.15) is 0 Å². The SMILES string of the molecule is [Pt+2].[c-]1c(-c2ccccc2-c2[c-]c(-n3c4ccccc4c4cccc(-c5ccccn5)c43)ccc2)cccc1-n1c2ccccc2c2cccc(-c3ccccn3)c21. The van der Waals surface area contributed by atoms with Gasteiger partial charge in [0.2, 0.25) is 0 Å². The molecule has 0 fully saturated rings. The topological polar surface area (TPSA) is 35.6 Å². The average molecular weight is 908 g/mol. The Balaban J connectivity index is 0.00000396. The number of rotatable bonds is 6. The molecule has 4 aromatic heterocycles. The fourth-order valence-corrected chi connectivity index (χ4v) is 8.44. The van der Waals surface area contributed by atoms with E-state index in [-0.39, 0.29) is 21.1 Å². The van der Waals surface area contributed by atoms with E-state index in [9.17, 15) is 0 Å². The Kier molecular flexibility index (Phi) is 8.70. The third-order valence-corrected chi connectivity index (χ3v) is 10.8. The Bertz CT molecular complexity index is 3030. The van der Waals surface area contributed by atoms with Crippen molar-refractivity contribution in [2.75, 3.05) is 0 Å². The first-order valence-electron chi connectivity index (χ1n) is 18.8. The van der Waals surface area contributed by atoms with Crippen molar-refractivity contribution >= 4 is 43.6 Å². The summed E-state index contributed by atoms with van der Waals surface area (Å²) in [6.45, 7) is 0. The largest absolute Gasteiger partial charge is 2.00 e. The molecule has 57 heavy (non-hydrogen) atoms. The molecule has 11 rings (SSSR count). The van der Waals surface area contributed by atoms with E-state index in [1.807, 2.05) is 36.7 Å². The van der Waals surface area contributed by atoms with Crippen LogP contribution in [0, 0.1) is 12.1 Å². The normalized spacial score (nSPS) is 11.4. The van der Waals surface area contributed by atoms with E-state index in [2.05, 4.69) is 179 Å². The standard InChI is InChI=1S/C52H32N4.Pt/c1-2-20-40(36-16-12-18-38(34-36)56-50-30-6-4-22-42(50)44-24-14-26-46(52(44)56)48-28-8-10-32-54-48)39(19-1)35-15-11-17-37(33-35)55-49-29-5-3-21-41(49)43-23-13-25-45(51(43)55)47-27-7-9-31-53-47;/h1-32H;/q-2;+2. The Labute approximate surface area is 344 Å². The van der Waals surface area contributed by atoms with Crippen LogP contribution in [0.15, 0.2) is 194 Å². The molecule has 11 aromatic rings. The van der Waals surface area contributed by atoms with Gasteiger partial charge in [-0.3, -0.25) is 9.97 Å². The summed E-state index contributed by atoms with van der Waals surface area (Å²) in [6.07, 6.45) is 3.72. The van der Waals surface area contributed by atoms with Crippen molar-refractivity contribution in [1.82, 2.24) is 19.1 Å². The number of fused-ring (bicyclic) bond motifs is 6. The maximum Gasteiger partial charge on any atom is 2.00 e. The molecule has 0 radical (unpaired) electrons. The number of pyridine rings is 2. The molecule has 0 aliphatic rings. The fourth-order valence-electron chi connectivity index (χ4n) is 8.44. The Morgan fingerprint density at radius 2 is 0.719 bits per heavy atom. The third-order valence-electron chi connectivity index (χ3n) is 10.8. The van der Waals surface area contributed by atoms with Gasteiger partial charge < -0.3 is 9.13 Å². The van der Waals surface area contributed by atoms with Crippen LogP contribution in [-0.4, -0.2) is 19.1 Å². The minimum absolute atomic E-state index is 0. The smallest absolute Gasteiger partial charge is 0.327 e. The number of hydrogen-bond acceptors (Lipinski definition) is 2. The molecule has 5 heteroatoms. The van der Waals surface area contributed by atoms with Crippen molar-refractivity contribution < 1.29 is 21.1 Å². The van der Waals surface area contributed by atoms with Crippen LogP contribution in [0.4, 0.5) is 0 Å². The van der Waals surface area contributed by atoms with Crippen LogP contribution in [0.5, 0.6) is 0 Å². The van der Waals surface area contributed by atoms with E-state index in [4.69, 9.17) is 9.97 Å². The zero-order valence-electron chi connectivity index (χ0n) is 30.6. The van der Waals surface area contributed by atoms with Crippen molar-refractivity contribution in [3.8, 4) is 56.1 Å². The predicted molar refractivity (Wildman–Crippen MR) is 230 cm³/mol. The summed E-state index contributed by atoms with van der Waals surface area (Å²) in [5, 5.41) is 4.76.